The molecule has 4 heteroatoms. The summed E-state index contributed by atoms with van der Waals surface area (Å²) in [5, 5.41) is 0. The first-order valence-electron chi connectivity index (χ1n) is 3.78. The quantitative estimate of drug-likeness (QED) is 0.489. The summed E-state index contributed by atoms with van der Waals surface area (Å²) in [5.74, 6) is 2.31. The molecule has 0 fully saturated rings. The van der Waals surface area contributed by atoms with E-state index in [1.807, 2.05) is 0 Å². The van der Waals surface area contributed by atoms with Crippen molar-refractivity contribution < 1.29 is 4.74 Å². The maximum atomic E-state index is 11.2. The molecule has 0 aliphatic rings. The lowest BCUT2D eigenvalue weighted by Crippen LogP contribution is -2.21. The Kier molecular flexibility index (Phi) is 3.23. The van der Waals surface area contributed by atoms with Crippen LogP contribution in [0.15, 0.2) is 17.2 Å². The molecule has 68 valence electrons. The van der Waals surface area contributed by atoms with Gasteiger partial charge in [-0.2, -0.15) is 0 Å². The number of hydrogen-bond donors (Lipinski definition) is 0. The second-order valence-corrected chi connectivity index (χ2v) is 2.52. The molecular weight excluding hydrogens is 168 g/mol. The first kappa shape index (κ1) is 9.49. The predicted molar refractivity (Wildman–Crippen MR) is 48.0 cm³/mol. The average molecular weight is 178 g/mol. The topological polar surface area (TPSA) is 44.1 Å². The minimum atomic E-state index is -0.135. The van der Waals surface area contributed by atoms with Crippen molar-refractivity contribution in [3.63, 3.8) is 0 Å². The van der Waals surface area contributed by atoms with E-state index < -0.39 is 0 Å². The number of hydrogen-bond acceptors (Lipinski definition) is 3. The fourth-order valence-corrected chi connectivity index (χ4v) is 0.816. The number of rotatable bonds is 3. The van der Waals surface area contributed by atoms with Crippen LogP contribution in [0.3, 0.4) is 0 Å². The van der Waals surface area contributed by atoms with Crippen molar-refractivity contribution in [1.29, 1.82) is 0 Å². The van der Waals surface area contributed by atoms with E-state index in [1.165, 1.54) is 17.0 Å². The van der Waals surface area contributed by atoms with Gasteiger partial charge in [0.1, 0.15) is 13.3 Å². The number of ether oxygens (including phenoxy) is 1. The first-order valence-corrected chi connectivity index (χ1v) is 3.78. The van der Waals surface area contributed by atoms with Gasteiger partial charge < -0.3 is 4.74 Å². The van der Waals surface area contributed by atoms with E-state index in [0.29, 0.717) is 5.69 Å². The zero-order valence-electron chi connectivity index (χ0n) is 7.36. The van der Waals surface area contributed by atoms with E-state index in [-0.39, 0.29) is 18.9 Å². The van der Waals surface area contributed by atoms with E-state index in [0.717, 1.165) is 0 Å². The van der Waals surface area contributed by atoms with Crippen LogP contribution in [0.4, 0.5) is 0 Å². The normalized spacial score (nSPS) is 9.54. The highest BCUT2D eigenvalue weighted by Gasteiger charge is 1.95. The summed E-state index contributed by atoms with van der Waals surface area (Å²) < 4.78 is 6.33. The Labute approximate surface area is 76.2 Å². The molecule has 1 aromatic heterocycles. The van der Waals surface area contributed by atoms with Gasteiger partial charge in [0.25, 0.3) is 5.56 Å². The van der Waals surface area contributed by atoms with E-state index in [2.05, 4.69) is 10.9 Å². The molecule has 0 atom stereocenters. The summed E-state index contributed by atoms with van der Waals surface area (Å²) in [5.41, 5.74) is 0.558. The van der Waals surface area contributed by atoms with Crippen LogP contribution in [0.2, 0.25) is 0 Å². The molecule has 0 aliphatic carbocycles. The van der Waals surface area contributed by atoms with Crippen LogP contribution in [0.5, 0.6) is 0 Å². The van der Waals surface area contributed by atoms with Gasteiger partial charge in [-0.15, -0.1) is 6.42 Å². The van der Waals surface area contributed by atoms with Crippen LogP contribution in [0, 0.1) is 19.3 Å². The molecule has 0 saturated heterocycles. The fourth-order valence-electron chi connectivity index (χ4n) is 0.816. The molecule has 13 heavy (non-hydrogen) atoms. The summed E-state index contributed by atoms with van der Waals surface area (Å²) >= 11 is 0. The standard InChI is InChI=1S/C9H10N2O2/c1-3-4-13-7-11-6-10-8(2)5-9(11)12/h1,5-6H,4,7H2,2H3. The summed E-state index contributed by atoms with van der Waals surface area (Å²) in [6.07, 6.45) is 6.42. The van der Waals surface area contributed by atoms with Gasteiger partial charge in [-0.05, 0) is 6.92 Å². The molecular formula is C9H10N2O2. The average Bonchev–Trinajstić information content (AvgIpc) is 2.09. The number of nitrogens with zero attached hydrogens (tertiary/aromatic N) is 2. The van der Waals surface area contributed by atoms with Gasteiger partial charge >= 0.3 is 0 Å². The van der Waals surface area contributed by atoms with Gasteiger partial charge in [-0.1, -0.05) is 5.92 Å². The first-order chi connectivity index (χ1) is 6.24. The van der Waals surface area contributed by atoms with Crippen LogP contribution in [-0.2, 0) is 11.5 Å². The molecule has 0 spiro atoms. The molecule has 0 unspecified atom stereocenters. The molecule has 0 N–H and O–H groups in total. The summed E-state index contributed by atoms with van der Waals surface area (Å²) in [6, 6.07) is 1.44. The summed E-state index contributed by atoms with van der Waals surface area (Å²) in [4.78, 5) is 15.2. The van der Waals surface area contributed by atoms with E-state index in [4.69, 9.17) is 11.2 Å². The third-order valence-electron chi connectivity index (χ3n) is 1.43. The van der Waals surface area contributed by atoms with Gasteiger partial charge in [0.05, 0.1) is 6.33 Å². The molecule has 0 bridgehead atoms. The Hall–Kier alpha value is -1.60. The van der Waals surface area contributed by atoms with Gasteiger partial charge in [-0.3, -0.25) is 9.36 Å². The van der Waals surface area contributed by atoms with Crippen molar-refractivity contribution in [2.45, 2.75) is 13.7 Å². The van der Waals surface area contributed by atoms with Gasteiger partial charge in [0.15, 0.2) is 0 Å². The predicted octanol–water partition coefficient (Wildman–Crippen LogP) is 0.159. The Bertz CT molecular complexity index is 376. The Balaban J connectivity index is 2.68. The lowest BCUT2D eigenvalue weighted by atomic mass is 10.4. The minimum absolute atomic E-state index is 0.135. The zero-order chi connectivity index (χ0) is 9.68. The second kappa shape index (κ2) is 4.43. The minimum Gasteiger partial charge on any atom is -0.348 e. The number of terminal acetylenes is 1. The molecule has 1 heterocycles. The Morgan fingerprint density at radius 2 is 2.54 bits per heavy atom. The molecule has 0 aliphatic heterocycles. The van der Waals surface area contributed by atoms with Crippen LogP contribution in [-0.4, -0.2) is 16.2 Å². The van der Waals surface area contributed by atoms with Crippen molar-refractivity contribution in [3.05, 3.63) is 28.4 Å². The summed E-state index contributed by atoms with van der Waals surface area (Å²) in [7, 11) is 0. The third-order valence-corrected chi connectivity index (χ3v) is 1.43. The van der Waals surface area contributed by atoms with Crippen molar-refractivity contribution in [2.75, 3.05) is 6.61 Å². The van der Waals surface area contributed by atoms with Crippen molar-refractivity contribution in [3.8, 4) is 12.3 Å². The lowest BCUT2D eigenvalue weighted by Gasteiger charge is -2.03. The van der Waals surface area contributed by atoms with E-state index >= 15 is 0 Å². The Morgan fingerprint density at radius 1 is 1.77 bits per heavy atom. The van der Waals surface area contributed by atoms with Crippen LogP contribution in [0.1, 0.15) is 5.69 Å². The maximum absolute atomic E-state index is 11.2. The van der Waals surface area contributed by atoms with Crippen LogP contribution >= 0.6 is 0 Å². The van der Waals surface area contributed by atoms with Crippen LogP contribution < -0.4 is 5.56 Å². The van der Waals surface area contributed by atoms with Crippen molar-refractivity contribution >= 4 is 0 Å². The molecule has 0 saturated carbocycles. The monoisotopic (exact) mass is 178 g/mol. The molecule has 1 rings (SSSR count). The lowest BCUT2D eigenvalue weighted by molar-refractivity contribution is 0.101. The second-order valence-electron chi connectivity index (χ2n) is 2.52. The molecule has 4 nitrogen and oxygen atoms in total. The van der Waals surface area contributed by atoms with Crippen LogP contribution in [0.25, 0.3) is 0 Å². The molecule has 0 radical (unpaired) electrons. The molecule has 1 aromatic rings. The smallest absolute Gasteiger partial charge is 0.255 e. The molecule has 0 aromatic carbocycles. The maximum Gasteiger partial charge on any atom is 0.255 e. The highest BCUT2D eigenvalue weighted by molar-refractivity contribution is 4.95. The highest BCUT2D eigenvalue weighted by atomic mass is 16.5. The third kappa shape index (κ3) is 2.73. The number of aromatic nitrogens is 2. The van der Waals surface area contributed by atoms with Gasteiger partial charge in [-0.25, -0.2) is 4.98 Å². The van der Waals surface area contributed by atoms with E-state index in [9.17, 15) is 4.79 Å². The number of aryl methyl sites for hydroxylation is 1. The fraction of sp³-hybridized carbons (Fsp3) is 0.333. The van der Waals surface area contributed by atoms with Crippen molar-refractivity contribution in [2.24, 2.45) is 0 Å². The van der Waals surface area contributed by atoms with E-state index in [1.54, 1.807) is 6.92 Å². The van der Waals surface area contributed by atoms with Crippen molar-refractivity contribution in [1.82, 2.24) is 9.55 Å². The zero-order valence-corrected chi connectivity index (χ0v) is 7.36. The van der Waals surface area contributed by atoms with Gasteiger partial charge in [0, 0.05) is 11.8 Å². The summed E-state index contributed by atoms with van der Waals surface area (Å²) in [6.45, 7) is 2.10. The Morgan fingerprint density at radius 3 is 3.15 bits per heavy atom. The largest absolute Gasteiger partial charge is 0.348 e. The SMILES string of the molecule is C#CCOCn1cnc(C)cc1=O. The molecule has 0 amide bonds. The highest BCUT2D eigenvalue weighted by Crippen LogP contribution is 1.85. The van der Waals surface area contributed by atoms with Gasteiger partial charge in [0.2, 0.25) is 0 Å².